The quantitative estimate of drug-likeness (QED) is 0.457. The number of benzene rings is 2. The number of anilines is 2. The van der Waals surface area contributed by atoms with Crippen LogP contribution in [-0.2, 0) is 13.0 Å². The number of nitrogens with one attached hydrogen (secondary N) is 2. The monoisotopic (exact) mass is 411 g/mol. The molecular formula is C25H25N5O. The molecule has 1 aliphatic heterocycles. The molecule has 5 rings (SSSR count). The van der Waals surface area contributed by atoms with Crippen LogP contribution in [0.1, 0.15) is 40.5 Å². The second-order valence-corrected chi connectivity index (χ2v) is 7.98. The topological polar surface area (TPSA) is 71.8 Å². The number of ketones is 1. The van der Waals surface area contributed by atoms with Gasteiger partial charge in [0.05, 0.1) is 5.52 Å². The Morgan fingerprint density at radius 3 is 2.77 bits per heavy atom. The Balaban J connectivity index is 1.62. The predicted molar refractivity (Wildman–Crippen MR) is 124 cm³/mol. The van der Waals surface area contributed by atoms with Gasteiger partial charge in [0.15, 0.2) is 5.78 Å². The van der Waals surface area contributed by atoms with Crippen molar-refractivity contribution in [2.24, 2.45) is 0 Å². The summed E-state index contributed by atoms with van der Waals surface area (Å²) in [6.45, 7) is 5.23. The maximum absolute atomic E-state index is 12.1. The summed E-state index contributed by atoms with van der Waals surface area (Å²) in [5, 5.41) is 7.90. The SMILES string of the molecule is CC(=O)c1cccc2c1cc(C)n2-c1nc2c(c(NCc3ccccc3)n1)CCCN2. The van der Waals surface area contributed by atoms with E-state index in [1.807, 2.05) is 54.0 Å². The molecule has 4 aromatic rings. The Labute approximate surface area is 181 Å². The van der Waals surface area contributed by atoms with Crippen molar-refractivity contribution in [1.82, 2.24) is 14.5 Å². The molecule has 1 aliphatic rings. The van der Waals surface area contributed by atoms with Gasteiger partial charge in [-0.05, 0) is 44.4 Å². The molecule has 2 N–H and O–H groups in total. The smallest absolute Gasteiger partial charge is 0.238 e. The largest absolute Gasteiger partial charge is 0.370 e. The highest BCUT2D eigenvalue weighted by molar-refractivity contribution is 6.07. The molecule has 0 aliphatic carbocycles. The molecule has 0 saturated heterocycles. The summed E-state index contributed by atoms with van der Waals surface area (Å²) < 4.78 is 2.03. The zero-order valence-electron chi connectivity index (χ0n) is 17.8. The number of nitrogens with zero attached hydrogens (tertiary/aromatic N) is 3. The average Bonchev–Trinajstić information content (AvgIpc) is 3.13. The van der Waals surface area contributed by atoms with Gasteiger partial charge in [0.1, 0.15) is 11.6 Å². The highest BCUT2D eigenvalue weighted by atomic mass is 16.1. The molecule has 31 heavy (non-hydrogen) atoms. The van der Waals surface area contributed by atoms with Crippen molar-refractivity contribution in [1.29, 1.82) is 0 Å². The van der Waals surface area contributed by atoms with Gasteiger partial charge in [-0.1, -0.05) is 42.5 Å². The molecule has 2 aromatic carbocycles. The molecule has 0 atom stereocenters. The molecule has 0 bridgehead atoms. The lowest BCUT2D eigenvalue weighted by atomic mass is 10.1. The van der Waals surface area contributed by atoms with E-state index >= 15 is 0 Å². The van der Waals surface area contributed by atoms with E-state index in [9.17, 15) is 4.79 Å². The number of carbonyl (C=O) groups is 1. The number of carbonyl (C=O) groups excluding carboxylic acids is 1. The first-order valence-corrected chi connectivity index (χ1v) is 10.7. The van der Waals surface area contributed by atoms with E-state index in [1.165, 1.54) is 5.56 Å². The molecule has 0 saturated carbocycles. The van der Waals surface area contributed by atoms with Gasteiger partial charge < -0.3 is 10.6 Å². The van der Waals surface area contributed by atoms with E-state index in [-0.39, 0.29) is 5.78 Å². The summed E-state index contributed by atoms with van der Waals surface area (Å²) in [6.07, 6.45) is 2.00. The Bertz CT molecular complexity index is 1280. The summed E-state index contributed by atoms with van der Waals surface area (Å²) >= 11 is 0. The molecule has 3 heterocycles. The Hall–Kier alpha value is -3.67. The van der Waals surface area contributed by atoms with Crippen molar-refractivity contribution < 1.29 is 4.79 Å². The minimum absolute atomic E-state index is 0.0565. The highest BCUT2D eigenvalue weighted by Gasteiger charge is 2.21. The molecule has 6 nitrogen and oxygen atoms in total. The summed E-state index contributed by atoms with van der Waals surface area (Å²) in [7, 11) is 0. The van der Waals surface area contributed by atoms with E-state index in [4.69, 9.17) is 9.97 Å². The fourth-order valence-corrected chi connectivity index (χ4v) is 4.29. The molecular weight excluding hydrogens is 386 g/mol. The van der Waals surface area contributed by atoms with Crippen LogP contribution in [0.2, 0.25) is 0 Å². The molecule has 0 amide bonds. The van der Waals surface area contributed by atoms with Crippen LogP contribution in [0.4, 0.5) is 11.6 Å². The van der Waals surface area contributed by atoms with Crippen molar-refractivity contribution >= 4 is 28.3 Å². The zero-order valence-corrected chi connectivity index (χ0v) is 17.8. The number of aryl methyl sites for hydroxylation is 1. The standard InChI is InChI=1S/C25H25N5O/c1-16-14-21-19(17(2)31)10-6-12-22(21)30(16)25-28-23-20(11-7-13-26-23)24(29-25)27-15-18-8-4-3-5-9-18/h3-6,8-10,12,14H,7,11,13,15H2,1-2H3,(H2,26,27,28,29). The van der Waals surface area contributed by atoms with E-state index in [0.717, 1.165) is 58.7 Å². The second kappa shape index (κ2) is 7.87. The highest BCUT2D eigenvalue weighted by Crippen LogP contribution is 2.31. The molecule has 2 aromatic heterocycles. The maximum Gasteiger partial charge on any atom is 0.238 e. The van der Waals surface area contributed by atoms with Gasteiger partial charge in [-0.15, -0.1) is 0 Å². The third-order valence-electron chi connectivity index (χ3n) is 5.80. The lowest BCUT2D eigenvalue weighted by molar-refractivity contribution is 0.101. The molecule has 0 spiro atoms. The van der Waals surface area contributed by atoms with Gasteiger partial charge in [-0.25, -0.2) is 0 Å². The third kappa shape index (κ3) is 3.54. The van der Waals surface area contributed by atoms with E-state index in [1.54, 1.807) is 6.92 Å². The van der Waals surface area contributed by atoms with Gasteiger partial charge >= 0.3 is 0 Å². The second-order valence-electron chi connectivity index (χ2n) is 7.98. The van der Waals surface area contributed by atoms with Crippen LogP contribution in [0, 0.1) is 6.92 Å². The van der Waals surface area contributed by atoms with Crippen molar-refractivity contribution in [2.75, 3.05) is 17.2 Å². The van der Waals surface area contributed by atoms with E-state index in [2.05, 4.69) is 22.8 Å². The average molecular weight is 412 g/mol. The summed E-state index contributed by atoms with van der Waals surface area (Å²) in [5.41, 5.74) is 4.99. The van der Waals surface area contributed by atoms with Crippen LogP contribution in [0.15, 0.2) is 54.6 Å². The lowest BCUT2D eigenvalue weighted by Crippen LogP contribution is -2.19. The first-order valence-electron chi connectivity index (χ1n) is 10.7. The van der Waals surface area contributed by atoms with E-state index in [0.29, 0.717) is 12.5 Å². The first kappa shape index (κ1) is 19.3. The Kier molecular flexibility index (Phi) is 4.90. The molecule has 156 valence electrons. The van der Waals surface area contributed by atoms with Crippen LogP contribution in [0.3, 0.4) is 0 Å². The number of hydrogen-bond acceptors (Lipinski definition) is 5. The number of Topliss-reactive ketones (excluding diaryl/α,β-unsaturated/α-hetero) is 1. The van der Waals surface area contributed by atoms with E-state index < -0.39 is 0 Å². The first-order chi connectivity index (χ1) is 15.1. The van der Waals surface area contributed by atoms with Crippen molar-refractivity contribution in [3.05, 3.63) is 77.0 Å². The van der Waals surface area contributed by atoms with Crippen LogP contribution in [-0.4, -0.2) is 26.9 Å². The minimum Gasteiger partial charge on any atom is -0.370 e. The fourth-order valence-electron chi connectivity index (χ4n) is 4.29. The van der Waals surface area contributed by atoms with Crippen LogP contribution < -0.4 is 10.6 Å². The Morgan fingerprint density at radius 1 is 1.13 bits per heavy atom. The summed E-state index contributed by atoms with van der Waals surface area (Å²) in [6, 6.07) is 18.2. The minimum atomic E-state index is 0.0565. The predicted octanol–water partition coefficient (Wildman–Crippen LogP) is 4.90. The van der Waals surface area contributed by atoms with Gasteiger partial charge in [0.25, 0.3) is 0 Å². The van der Waals surface area contributed by atoms with Crippen LogP contribution >= 0.6 is 0 Å². The number of hydrogen-bond donors (Lipinski definition) is 2. The molecule has 0 unspecified atom stereocenters. The van der Waals surface area contributed by atoms with Gasteiger partial charge in [0, 0.05) is 35.3 Å². The lowest BCUT2D eigenvalue weighted by Gasteiger charge is -2.22. The number of rotatable bonds is 5. The summed E-state index contributed by atoms with van der Waals surface area (Å²) in [5.74, 6) is 2.41. The van der Waals surface area contributed by atoms with Gasteiger partial charge in [-0.2, -0.15) is 9.97 Å². The van der Waals surface area contributed by atoms with Crippen molar-refractivity contribution in [3.8, 4) is 5.95 Å². The normalized spacial score (nSPS) is 13.0. The molecule has 0 fully saturated rings. The van der Waals surface area contributed by atoms with Gasteiger partial charge in [0.2, 0.25) is 5.95 Å². The fraction of sp³-hybridized carbons (Fsp3) is 0.240. The molecule has 0 radical (unpaired) electrons. The molecule has 6 heteroatoms. The van der Waals surface area contributed by atoms with Crippen molar-refractivity contribution in [3.63, 3.8) is 0 Å². The number of fused-ring (bicyclic) bond motifs is 2. The summed E-state index contributed by atoms with van der Waals surface area (Å²) in [4.78, 5) is 21.9. The third-order valence-corrected chi connectivity index (χ3v) is 5.80. The van der Waals surface area contributed by atoms with Gasteiger partial charge in [-0.3, -0.25) is 9.36 Å². The zero-order chi connectivity index (χ0) is 21.4. The maximum atomic E-state index is 12.1. The Morgan fingerprint density at radius 2 is 1.97 bits per heavy atom. The van der Waals surface area contributed by atoms with Crippen molar-refractivity contribution in [2.45, 2.75) is 33.2 Å². The number of aromatic nitrogens is 3. The van der Waals surface area contributed by atoms with Crippen LogP contribution in [0.5, 0.6) is 0 Å². The van der Waals surface area contributed by atoms with Crippen LogP contribution in [0.25, 0.3) is 16.9 Å².